The number of hydrogen-bond acceptors (Lipinski definition) is 6. The molecule has 0 saturated carbocycles. The maximum Gasteiger partial charge on any atom is 0.242 e. The summed E-state index contributed by atoms with van der Waals surface area (Å²) in [6, 6.07) is 9.49. The Hall–Kier alpha value is -3.49. The van der Waals surface area contributed by atoms with Crippen molar-refractivity contribution in [2.24, 2.45) is 0 Å². The lowest BCUT2D eigenvalue weighted by molar-refractivity contribution is -0.145. The predicted molar refractivity (Wildman–Crippen MR) is 98.7 cm³/mol. The third kappa shape index (κ3) is 4.50. The highest BCUT2D eigenvalue weighted by atomic mass is 19.1. The zero-order chi connectivity index (χ0) is 20.2. The fourth-order valence-electron chi connectivity index (χ4n) is 3.13. The molecular weight excluding hydrogens is 379 g/mol. The Morgan fingerprint density at radius 2 is 2.00 bits per heavy atom. The van der Waals surface area contributed by atoms with Gasteiger partial charge in [-0.15, -0.1) is 0 Å². The van der Waals surface area contributed by atoms with Crippen LogP contribution in [0.25, 0.3) is 11.6 Å². The average Bonchev–Trinajstić information content (AvgIpc) is 3.41. The molecule has 0 spiro atoms. The molecule has 1 aliphatic rings. The SMILES string of the molecule is O=C(CCc1nc(-c2ccco2)no1)N1CCN(Cc2ccc(F)cc2)C(=O)C1. The molecule has 0 radical (unpaired) electrons. The quantitative estimate of drug-likeness (QED) is 0.632. The van der Waals surface area contributed by atoms with Gasteiger partial charge < -0.3 is 18.7 Å². The highest BCUT2D eigenvalue weighted by Crippen LogP contribution is 2.17. The number of hydrogen-bond donors (Lipinski definition) is 0. The van der Waals surface area contributed by atoms with Crippen LogP contribution in [-0.2, 0) is 22.6 Å². The lowest BCUT2D eigenvalue weighted by Crippen LogP contribution is -2.51. The third-order valence-corrected chi connectivity index (χ3v) is 4.72. The number of benzene rings is 1. The van der Waals surface area contributed by atoms with Crippen LogP contribution in [0.15, 0.2) is 51.6 Å². The van der Waals surface area contributed by atoms with Crippen LogP contribution in [0.2, 0.25) is 0 Å². The average molecular weight is 398 g/mol. The van der Waals surface area contributed by atoms with E-state index in [0.717, 1.165) is 5.56 Å². The first-order valence-electron chi connectivity index (χ1n) is 9.25. The number of rotatable bonds is 6. The first kappa shape index (κ1) is 18.9. The molecule has 0 N–H and O–H groups in total. The van der Waals surface area contributed by atoms with E-state index in [1.165, 1.54) is 23.3 Å². The number of halogens is 1. The zero-order valence-electron chi connectivity index (χ0n) is 15.6. The molecule has 1 fully saturated rings. The lowest BCUT2D eigenvalue weighted by Gasteiger charge is -2.34. The van der Waals surface area contributed by atoms with Crippen LogP contribution < -0.4 is 0 Å². The van der Waals surface area contributed by atoms with Crippen molar-refractivity contribution in [3.8, 4) is 11.6 Å². The van der Waals surface area contributed by atoms with Crippen LogP contribution in [0, 0.1) is 5.82 Å². The molecule has 9 heteroatoms. The van der Waals surface area contributed by atoms with Crippen molar-refractivity contribution < 1.29 is 22.9 Å². The molecule has 4 rings (SSSR count). The number of piperazine rings is 1. The summed E-state index contributed by atoms with van der Waals surface area (Å²) in [4.78, 5) is 32.3. The number of nitrogens with zero attached hydrogens (tertiary/aromatic N) is 4. The molecule has 1 aliphatic heterocycles. The molecule has 29 heavy (non-hydrogen) atoms. The predicted octanol–water partition coefficient (Wildman–Crippen LogP) is 2.27. The summed E-state index contributed by atoms with van der Waals surface area (Å²) in [5, 5.41) is 3.83. The van der Waals surface area contributed by atoms with E-state index in [0.29, 0.717) is 37.1 Å². The Labute approximate surface area is 165 Å². The summed E-state index contributed by atoms with van der Waals surface area (Å²) in [5.41, 5.74) is 0.850. The molecule has 0 unspecified atom stereocenters. The van der Waals surface area contributed by atoms with Gasteiger partial charge in [-0.05, 0) is 29.8 Å². The van der Waals surface area contributed by atoms with Crippen molar-refractivity contribution in [3.05, 3.63) is 59.9 Å². The van der Waals surface area contributed by atoms with Crippen LogP contribution in [0.5, 0.6) is 0 Å². The minimum Gasteiger partial charge on any atom is -0.461 e. The highest BCUT2D eigenvalue weighted by Gasteiger charge is 2.27. The number of carbonyl (C=O) groups excluding carboxylic acids is 2. The first-order chi connectivity index (χ1) is 14.1. The van der Waals surface area contributed by atoms with E-state index in [4.69, 9.17) is 8.94 Å². The molecular formula is C20H19FN4O4. The third-order valence-electron chi connectivity index (χ3n) is 4.72. The Balaban J connectivity index is 1.27. The molecule has 3 aromatic rings. The number of aryl methyl sites for hydroxylation is 1. The molecule has 0 aliphatic carbocycles. The fraction of sp³-hybridized carbons (Fsp3) is 0.300. The minimum absolute atomic E-state index is 0.0293. The highest BCUT2D eigenvalue weighted by molar-refractivity contribution is 5.86. The van der Waals surface area contributed by atoms with Crippen molar-refractivity contribution in [2.75, 3.05) is 19.6 Å². The molecule has 0 atom stereocenters. The van der Waals surface area contributed by atoms with Crippen molar-refractivity contribution in [3.63, 3.8) is 0 Å². The van der Waals surface area contributed by atoms with E-state index >= 15 is 0 Å². The van der Waals surface area contributed by atoms with Gasteiger partial charge in [0.1, 0.15) is 5.82 Å². The van der Waals surface area contributed by atoms with Crippen molar-refractivity contribution in [1.29, 1.82) is 0 Å². The monoisotopic (exact) mass is 398 g/mol. The Morgan fingerprint density at radius 1 is 1.17 bits per heavy atom. The fourth-order valence-corrected chi connectivity index (χ4v) is 3.13. The second-order valence-corrected chi connectivity index (χ2v) is 6.75. The summed E-state index contributed by atoms with van der Waals surface area (Å²) in [7, 11) is 0. The van der Waals surface area contributed by atoms with Crippen LogP contribution in [-0.4, -0.2) is 51.4 Å². The zero-order valence-corrected chi connectivity index (χ0v) is 15.6. The normalized spacial score (nSPS) is 14.4. The van der Waals surface area contributed by atoms with Gasteiger partial charge in [-0.2, -0.15) is 4.98 Å². The molecule has 3 heterocycles. The molecule has 1 aromatic carbocycles. The van der Waals surface area contributed by atoms with Gasteiger partial charge in [-0.25, -0.2) is 4.39 Å². The largest absolute Gasteiger partial charge is 0.461 e. The maximum absolute atomic E-state index is 13.0. The van der Waals surface area contributed by atoms with Gasteiger partial charge >= 0.3 is 0 Å². The Morgan fingerprint density at radius 3 is 2.72 bits per heavy atom. The topological polar surface area (TPSA) is 92.7 Å². The van der Waals surface area contributed by atoms with Crippen LogP contribution >= 0.6 is 0 Å². The Bertz CT molecular complexity index is 984. The van der Waals surface area contributed by atoms with Gasteiger partial charge in [-0.3, -0.25) is 9.59 Å². The first-order valence-corrected chi connectivity index (χ1v) is 9.25. The van der Waals surface area contributed by atoms with E-state index < -0.39 is 0 Å². The second-order valence-electron chi connectivity index (χ2n) is 6.75. The summed E-state index contributed by atoms with van der Waals surface area (Å²) in [6.45, 7) is 1.32. The van der Waals surface area contributed by atoms with E-state index in [1.807, 2.05) is 0 Å². The number of amides is 2. The van der Waals surface area contributed by atoms with E-state index in [2.05, 4.69) is 10.1 Å². The minimum atomic E-state index is -0.312. The molecule has 2 amide bonds. The molecule has 2 aromatic heterocycles. The second kappa shape index (κ2) is 8.26. The van der Waals surface area contributed by atoms with Gasteiger partial charge in [0.2, 0.25) is 23.5 Å². The van der Waals surface area contributed by atoms with Crippen LogP contribution in [0.1, 0.15) is 17.9 Å². The van der Waals surface area contributed by atoms with Gasteiger partial charge in [0, 0.05) is 32.5 Å². The van der Waals surface area contributed by atoms with Gasteiger partial charge in [0.25, 0.3) is 0 Å². The summed E-state index contributed by atoms with van der Waals surface area (Å²) in [5.74, 6) is 0.583. The number of aromatic nitrogens is 2. The van der Waals surface area contributed by atoms with Gasteiger partial charge in [0.15, 0.2) is 5.76 Å². The number of carbonyl (C=O) groups is 2. The Kier molecular flexibility index (Phi) is 5.37. The summed E-state index contributed by atoms with van der Waals surface area (Å²) >= 11 is 0. The molecule has 0 bridgehead atoms. The van der Waals surface area contributed by atoms with Crippen molar-refractivity contribution >= 4 is 11.8 Å². The van der Waals surface area contributed by atoms with E-state index in [9.17, 15) is 14.0 Å². The number of furan rings is 1. The summed E-state index contributed by atoms with van der Waals surface area (Å²) < 4.78 is 23.4. The smallest absolute Gasteiger partial charge is 0.242 e. The van der Waals surface area contributed by atoms with Crippen LogP contribution in [0.4, 0.5) is 4.39 Å². The van der Waals surface area contributed by atoms with Gasteiger partial charge in [0.05, 0.1) is 12.8 Å². The molecule has 150 valence electrons. The van der Waals surface area contributed by atoms with Crippen molar-refractivity contribution in [1.82, 2.24) is 19.9 Å². The standard InChI is InChI=1S/C20H19FN4O4/c21-15-5-3-14(4-6-15)12-24-9-10-25(13-19(24)27)18(26)8-7-17-22-20(23-29-17)16-2-1-11-28-16/h1-6,11H,7-10,12-13H2. The summed E-state index contributed by atoms with van der Waals surface area (Å²) in [6.07, 6.45) is 1.98. The van der Waals surface area contributed by atoms with E-state index in [-0.39, 0.29) is 37.0 Å². The maximum atomic E-state index is 13.0. The molecule has 1 saturated heterocycles. The van der Waals surface area contributed by atoms with Gasteiger partial charge in [-0.1, -0.05) is 17.3 Å². The van der Waals surface area contributed by atoms with Crippen molar-refractivity contribution in [2.45, 2.75) is 19.4 Å². The van der Waals surface area contributed by atoms with Crippen LogP contribution in [0.3, 0.4) is 0 Å². The molecule has 8 nitrogen and oxygen atoms in total. The lowest BCUT2D eigenvalue weighted by atomic mass is 10.2. The van der Waals surface area contributed by atoms with E-state index in [1.54, 1.807) is 29.2 Å².